The number of hydrogen-bond donors (Lipinski definition) is 3. The van der Waals surface area contributed by atoms with Crippen molar-refractivity contribution in [2.75, 3.05) is 31.5 Å². The average Bonchev–Trinajstić information content (AvgIpc) is 2.80. The van der Waals surface area contributed by atoms with E-state index in [0.29, 0.717) is 0 Å². The summed E-state index contributed by atoms with van der Waals surface area (Å²) in [4.78, 5) is 32.1. The molecule has 3 N–H and O–H groups in total. The lowest BCUT2D eigenvalue weighted by Crippen LogP contribution is -2.64. The number of anilines is 1. The SMILES string of the molecule is CC(C)(C)c1cc(Br)cc(C(CC(=O)O)NC(=O)C2CC3(C2)CN(CCc2ccc4c(n2)NCCC4)C3)c1. The molecule has 1 atom stereocenters. The Morgan fingerprint density at radius 2 is 2.00 bits per heavy atom. The highest BCUT2D eigenvalue weighted by Gasteiger charge is 2.54. The number of amides is 1. The summed E-state index contributed by atoms with van der Waals surface area (Å²) < 4.78 is 0.892. The van der Waals surface area contributed by atoms with E-state index in [-0.39, 0.29) is 29.1 Å². The molecule has 1 unspecified atom stereocenters. The second-order valence-electron chi connectivity index (χ2n) is 12.6. The molecule has 2 aromatic rings. The Kier molecular flexibility index (Phi) is 7.57. The highest BCUT2D eigenvalue weighted by molar-refractivity contribution is 9.10. The minimum absolute atomic E-state index is 0.0247. The van der Waals surface area contributed by atoms with Gasteiger partial charge in [0.25, 0.3) is 0 Å². The van der Waals surface area contributed by atoms with Gasteiger partial charge in [0, 0.05) is 48.7 Å². The Morgan fingerprint density at radius 3 is 2.71 bits per heavy atom. The fourth-order valence-electron chi connectivity index (χ4n) is 6.23. The van der Waals surface area contributed by atoms with Crippen LogP contribution in [0.2, 0.25) is 0 Å². The van der Waals surface area contributed by atoms with Gasteiger partial charge in [-0.2, -0.15) is 0 Å². The Morgan fingerprint density at radius 1 is 1.24 bits per heavy atom. The summed E-state index contributed by atoms with van der Waals surface area (Å²) in [6.45, 7) is 10.4. The van der Waals surface area contributed by atoms with E-state index in [2.05, 4.69) is 70.4 Å². The molecule has 0 radical (unpaired) electrons. The van der Waals surface area contributed by atoms with E-state index >= 15 is 0 Å². The second-order valence-corrected chi connectivity index (χ2v) is 13.5. The van der Waals surface area contributed by atoms with Gasteiger partial charge in [0.05, 0.1) is 12.5 Å². The first-order valence-electron chi connectivity index (χ1n) is 13.8. The molecule has 1 spiro atoms. The summed E-state index contributed by atoms with van der Waals surface area (Å²) in [5.74, 6) is 0.0660. The average molecular weight is 584 g/mol. The predicted molar refractivity (Wildman–Crippen MR) is 152 cm³/mol. The number of carboxylic acid groups (broad SMARTS) is 1. The second kappa shape index (κ2) is 10.6. The number of fused-ring (bicyclic) bond motifs is 1. The lowest BCUT2D eigenvalue weighted by atomic mass is 9.57. The van der Waals surface area contributed by atoms with Crippen LogP contribution < -0.4 is 10.6 Å². The molecule has 1 saturated carbocycles. The molecule has 2 fully saturated rings. The number of nitrogens with one attached hydrogen (secondary N) is 2. The molecule has 3 heterocycles. The Bertz CT molecular complexity index is 1210. The van der Waals surface area contributed by atoms with Gasteiger partial charge in [0.1, 0.15) is 5.82 Å². The normalized spacial score (nSPS) is 19.6. The topological polar surface area (TPSA) is 94.6 Å². The molecule has 3 aliphatic rings. The molecule has 38 heavy (non-hydrogen) atoms. The third-order valence-corrected chi connectivity index (χ3v) is 8.83. The third-order valence-electron chi connectivity index (χ3n) is 8.37. The summed E-state index contributed by atoms with van der Waals surface area (Å²) in [6.07, 6.45) is 4.84. The number of pyridine rings is 1. The van der Waals surface area contributed by atoms with Crippen molar-refractivity contribution < 1.29 is 14.7 Å². The number of benzene rings is 1. The number of halogens is 1. The summed E-state index contributed by atoms with van der Waals surface area (Å²) in [6, 6.07) is 9.83. The van der Waals surface area contributed by atoms with Gasteiger partial charge in [-0.15, -0.1) is 0 Å². The molecule has 1 aromatic heterocycles. The number of carbonyl (C=O) groups excluding carboxylic acids is 1. The number of carboxylic acids is 1. The molecule has 1 amide bonds. The zero-order valence-corrected chi connectivity index (χ0v) is 24.2. The van der Waals surface area contributed by atoms with Crippen molar-refractivity contribution >= 4 is 33.6 Å². The number of aryl methyl sites for hydroxylation is 1. The van der Waals surface area contributed by atoms with Crippen LogP contribution >= 0.6 is 15.9 Å². The number of nitrogens with zero attached hydrogens (tertiary/aromatic N) is 2. The highest BCUT2D eigenvalue weighted by atomic mass is 79.9. The number of likely N-dealkylation sites (tertiary alicyclic amines) is 1. The Balaban J connectivity index is 1.12. The van der Waals surface area contributed by atoms with Gasteiger partial charge in [-0.1, -0.05) is 48.8 Å². The van der Waals surface area contributed by atoms with Gasteiger partial charge >= 0.3 is 5.97 Å². The quantitative estimate of drug-likeness (QED) is 0.401. The lowest BCUT2D eigenvalue weighted by molar-refractivity contribution is -0.145. The van der Waals surface area contributed by atoms with Gasteiger partial charge in [-0.25, -0.2) is 4.98 Å². The predicted octanol–water partition coefficient (Wildman–Crippen LogP) is 5.09. The van der Waals surface area contributed by atoms with Crippen LogP contribution in [0, 0.1) is 11.3 Å². The van der Waals surface area contributed by atoms with Crippen LogP contribution in [0.3, 0.4) is 0 Å². The summed E-state index contributed by atoms with van der Waals surface area (Å²) >= 11 is 3.57. The molecule has 204 valence electrons. The highest BCUT2D eigenvalue weighted by Crippen LogP contribution is 2.52. The molecule has 0 bridgehead atoms. The van der Waals surface area contributed by atoms with E-state index < -0.39 is 12.0 Å². The maximum atomic E-state index is 13.2. The van der Waals surface area contributed by atoms with Crippen molar-refractivity contribution in [3.63, 3.8) is 0 Å². The molecular formula is C30H39BrN4O3. The van der Waals surface area contributed by atoms with Crippen LogP contribution in [0.25, 0.3) is 0 Å². The van der Waals surface area contributed by atoms with Crippen molar-refractivity contribution in [1.82, 2.24) is 15.2 Å². The smallest absolute Gasteiger partial charge is 0.305 e. The number of aliphatic carboxylic acids is 1. The van der Waals surface area contributed by atoms with Crippen molar-refractivity contribution in [2.45, 2.75) is 70.8 Å². The first-order chi connectivity index (χ1) is 18.0. The molecule has 8 heteroatoms. The van der Waals surface area contributed by atoms with Gasteiger partial charge in [-0.3, -0.25) is 9.59 Å². The van der Waals surface area contributed by atoms with E-state index in [1.807, 2.05) is 12.1 Å². The van der Waals surface area contributed by atoms with Crippen LogP contribution in [0.4, 0.5) is 5.82 Å². The lowest BCUT2D eigenvalue weighted by Gasteiger charge is -2.59. The number of carbonyl (C=O) groups is 2. The van der Waals surface area contributed by atoms with E-state index in [0.717, 1.165) is 79.0 Å². The summed E-state index contributed by atoms with van der Waals surface area (Å²) in [7, 11) is 0. The monoisotopic (exact) mass is 582 g/mol. The maximum absolute atomic E-state index is 13.2. The van der Waals surface area contributed by atoms with Crippen LogP contribution in [0.5, 0.6) is 0 Å². The molecular weight excluding hydrogens is 544 g/mol. The van der Waals surface area contributed by atoms with Crippen LogP contribution in [-0.2, 0) is 27.8 Å². The first-order valence-corrected chi connectivity index (χ1v) is 14.6. The van der Waals surface area contributed by atoms with Gasteiger partial charge in [0.2, 0.25) is 5.91 Å². The number of aromatic nitrogens is 1. The van der Waals surface area contributed by atoms with E-state index in [9.17, 15) is 14.7 Å². The minimum Gasteiger partial charge on any atom is -0.481 e. The van der Waals surface area contributed by atoms with E-state index in [1.165, 1.54) is 12.0 Å². The molecule has 2 aliphatic heterocycles. The third kappa shape index (κ3) is 6.07. The number of rotatable bonds is 8. The maximum Gasteiger partial charge on any atom is 0.305 e. The zero-order valence-electron chi connectivity index (χ0n) is 22.6. The molecule has 1 saturated heterocycles. The van der Waals surface area contributed by atoms with Crippen molar-refractivity contribution in [2.24, 2.45) is 11.3 Å². The first kappa shape index (κ1) is 27.1. The fourth-order valence-corrected chi connectivity index (χ4v) is 6.74. The fraction of sp³-hybridized carbons (Fsp3) is 0.567. The largest absolute Gasteiger partial charge is 0.481 e. The Labute approximate surface area is 233 Å². The zero-order chi connectivity index (χ0) is 27.1. The minimum atomic E-state index is -0.920. The Hall–Kier alpha value is -2.45. The van der Waals surface area contributed by atoms with Crippen LogP contribution in [0.15, 0.2) is 34.8 Å². The number of hydrogen-bond acceptors (Lipinski definition) is 5. The van der Waals surface area contributed by atoms with Gasteiger partial charge < -0.3 is 20.6 Å². The van der Waals surface area contributed by atoms with Gasteiger partial charge in [-0.05, 0) is 71.4 Å². The van der Waals surface area contributed by atoms with E-state index in [4.69, 9.17) is 4.98 Å². The van der Waals surface area contributed by atoms with Crippen LogP contribution in [0.1, 0.15) is 74.9 Å². The van der Waals surface area contributed by atoms with E-state index in [1.54, 1.807) is 0 Å². The van der Waals surface area contributed by atoms with Crippen molar-refractivity contribution in [3.05, 3.63) is 57.2 Å². The summed E-state index contributed by atoms with van der Waals surface area (Å²) in [5.41, 5.74) is 4.54. The molecule has 7 nitrogen and oxygen atoms in total. The van der Waals surface area contributed by atoms with Crippen molar-refractivity contribution in [1.29, 1.82) is 0 Å². The van der Waals surface area contributed by atoms with Crippen LogP contribution in [-0.4, -0.2) is 53.0 Å². The molecule has 5 rings (SSSR count). The molecule has 1 aromatic carbocycles. The molecule has 1 aliphatic carbocycles. The van der Waals surface area contributed by atoms with Crippen molar-refractivity contribution in [3.8, 4) is 0 Å². The van der Waals surface area contributed by atoms with Gasteiger partial charge in [0.15, 0.2) is 0 Å². The standard InChI is InChI=1S/C30H39BrN4O3/c1-29(2,3)22-11-20(12-23(31)13-22)25(14-26(36)37)34-28(38)21-15-30(16-21)17-35(18-30)10-8-24-7-6-19-5-4-9-32-27(19)33-24/h6-7,11-13,21,25H,4-5,8-10,14-18H2,1-3H3,(H,32,33)(H,34,38)(H,36,37). The summed E-state index contributed by atoms with van der Waals surface area (Å²) in [5, 5.41) is 16.0.